The molecule has 2 fully saturated rings. The summed E-state index contributed by atoms with van der Waals surface area (Å²) in [4.78, 5) is 29.6. The van der Waals surface area contributed by atoms with Crippen molar-refractivity contribution < 1.29 is 18.9 Å². The van der Waals surface area contributed by atoms with E-state index in [-0.39, 0.29) is 29.8 Å². The predicted octanol–water partition coefficient (Wildman–Crippen LogP) is 3.08. The fourth-order valence-corrected chi connectivity index (χ4v) is 3.91. The third-order valence-electron chi connectivity index (χ3n) is 5.54. The van der Waals surface area contributed by atoms with Crippen LogP contribution in [0.25, 0.3) is 0 Å². The summed E-state index contributed by atoms with van der Waals surface area (Å²) in [5.41, 5.74) is 2.51. The summed E-state index contributed by atoms with van der Waals surface area (Å²) in [5.74, 6) is -1.45. The van der Waals surface area contributed by atoms with Crippen molar-refractivity contribution in [2.75, 3.05) is 0 Å². The summed E-state index contributed by atoms with van der Waals surface area (Å²) in [6.45, 7) is 2.02. The Morgan fingerprint density at radius 2 is 1.57 bits per heavy atom. The van der Waals surface area contributed by atoms with Crippen molar-refractivity contribution in [3.05, 3.63) is 65.7 Å². The quantitative estimate of drug-likeness (QED) is 0.609. The third-order valence-corrected chi connectivity index (χ3v) is 5.54. The minimum absolute atomic E-state index is 0.0205. The van der Waals surface area contributed by atoms with E-state index in [1.54, 1.807) is 12.3 Å². The maximum absolute atomic E-state index is 12.5. The largest absolute Gasteiger partial charge is 0.637 e. The fourth-order valence-electron chi connectivity index (χ4n) is 3.91. The molecule has 0 unspecified atom stereocenters. The lowest BCUT2D eigenvalue weighted by Crippen LogP contribution is -2.41. The van der Waals surface area contributed by atoms with Crippen LogP contribution < -0.4 is 5.46 Å². The average Bonchev–Trinajstić information content (AvgIpc) is 3.18. The zero-order valence-corrected chi connectivity index (χ0v) is 15.8. The number of carbonyl (C=O) groups excluding carboxylic acids is 2. The van der Waals surface area contributed by atoms with E-state index in [1.807, 2.05) is 55.5 Å². The van der Waals surface area contributed by atoms with Crippen molar-refractivity contribution >= 4 is 30.7 Å². The SMILES string of the molecule is C[C@@H](N=Cc1ccccc1B1OC(=O)[C@H]2CCC[C@H]2C(=O)O1)c1ccccc1. The van der Waals surface area contributed by atoms with Crippen molar-refractivity contribution in [1.82, 2.24) is 0 Å². The molecule has 0 radical (unpaired) electrons. The van der Waals surface area contributed by atoms with Crippen LogP contribution >= 0.6 is 0 Å². The molecule has 28 heavy (non-hydrogen) atoms. The molecular weight excluding hydrogens is 353 g/mol. The van der Waals surface area contributed by atoms with Gasteiger partial charge >= 0.3 is 7.12 Å². The summed E-state index contributed by atoms with van der Waals surface area (Å²) in [7, 11) is -1.03. The lowest BCUT2D eigenvalue weighted by molar-refractivity contribution is -0.143. The summed E-state index contributed by atoms with van der Waals surface area (Å²) >= 11 is 0. The molecule has 2 aromatic carbocycles. The van der Waals surface area contributed by atoms with Crippen LogP contribution in [0, 0.1) is 11.8 Å². The summed E-state index contributed by atoms with van der Waals surface area (Å²) in [5, 5.41) is 0. The van der Waals surface area contributed by atoms with E-state index < -0.39 is 7.12 Å². The van der Waals surface area contributed by atoms with Gasteiger partial charge in [0.05, 0.1) is 17.9 Å². The normalized spacial score (nSPS) is 23.1. The molecule has 2 aromatic rings. The van der Waals surface area contributed by atoms with E-state index >= 15 is 0 Å². The Bertz CT molecular complexity index is 874. The van der Waals surface area contributed by atoms with Gasteiger partial charge in [-0.2, -0.15) is 0 Å². The van der Waals surface area contributed by atoms with E-state index in [2.05, 4.69) is 4.99 Å². The Hall–Kier alpha value is -2.89. The van der Waals surface area contributed by atoms with Gasteiger partial charge in [-0.05, 0) is 30.9 Å². The topological polar surface area (TPSA) is 65.0 Å². The van der Waals surface area contributed by atoms with Crippen LogP contribution in [0.4, 0.5) is 0 Å². The number of hydrogen-bond donors (Lipinski definition) is 0. The molecule has 1 saturated heterocycles. The molecule has 2 aliphatic rings. The second kappa shape index (κ2) is 8.01. The number of rotatable bonds is 4. The molecular formula is C22H22BNO4. The van der Waals surface area contributed by atoms with Gasteiger partial charge in [-0.25, -0.2) is 0 Å². The lowest BCUT2D eigenvalue weighted by Gasteiger charge is -2.14. The molecule has 0 amide bonds. The van der Waals surface area contributed by atoms with Gasteiger partial charge in [-0.1, -0.05) is 61.0 Å². The highest BCUT2D eigenvalue weighted by atomic mass is 16.6. The van der Waals surface area contributed by atoms with Crippen molar-refractivity contribution in [2.24, 2.45) is 16.8 Å². The van der Waals surface area contributed by atoms with E-state index in [0.717, 1.165) is 17.5 Å². The molecule has 3 atom stereocenters. The van der Waals surface area contributed by atoms with Gasteiger partial charge in [0.1, 0.15) is 0 Å². The number of carbonyl (C=O) groups is 2. The highest BCUT2D eigenvalue weighted by Gasteiger charge is 2.47. The monoisotopic (exact) mass is 375 g/mol. The van der Waals surface area contributed by atoms with Crippen molar-refractivity contribution in [1.29, 1.82) is 0 Å². The lowest BCUT2D eigenvalue weighted by atomic mass is 9.76. The van der Waals surface area contributed by atoms with Gasteiger partial charge in [0.2, 0.25) is 0 Å². The Labute approximate surface area is 164 Å². The molecule has 1 aliphatic carbocycles. The average molecular weight is 375 g/mol. The number of aliphatic imine (C=N–C) groups is 1. The summed E-state index contributed by atoms with van der Waals surface area (Å²) in [6.07, 6.45) is 3.97. The Balaban J connectivity index is 1.58. The highest BCUT2D eigenvalue weighted by Crippen LogP contribution is 2.35. The first-order valence-electron chi connectivity index (χ1n) is 9.71. The van der Waals surface area contributed by atoms with Gasteiger partial charge < -0.3 is 9.31 Å². The molecule has 1 saturated carbocycles. The zero-order valence-electron chi connectivity index (χ0n) is 15.8. The third kappa shape index (κ3) is 3.72. The van der Waals surface area contributed by atoms with E-state index in [1.165, 1.54) is 0 Å². The molecule has 6 heteroatoms. The number of benzene rings is 2. The van der Waals surface area contributed by atoms with Gasteiger partial charge in [0, 0.05) is 11.7 Å². The number of nitrogens with zero attached hydrogens (tertiary/aromatic N) is 1. The van der Waals surface area contributed by atoms with Crippen molar-refractivity contribution in [3.8, 4) is 0 Å². The number of fused-ring (bicyclic) bond motifs is 1. The highest BCUT2D eigenvalue weighted by molar-refractivity contribution is 6.66. The van der Waals surface area contributed by atoms with Crippen LogP contribution in [-0.4, -0.2) is 25.3 Å². The first kappa shape index (κ1) is 18.5. The molecule has 0 bridgehead atoms. The van der Waals surface area contributed by atoms with Crippen molar-refractivity contribution in [2.45, 2.75) is 32.2 Å². The summed E-state index contributed by atoms with van der Waals surface area (Å²) < 4.78 is 11.1. The first-order valence-corrected chi connectivity index (χ1v) is 9.71. The maximum atomic E-state index is 12.5. The van der Waals surface area contributed by atoms with Crippen LogP contribution in [0.1, 0.15) is 43.4 Å². The van der Waals surface area contributed by atoms with Gasteiger partial charge in [0.15, 0.2) is 0 Å². The zero-order chi connectivity index (χ0) is 19.5. The Kier molecular flexibility index (Phi) is 5.28. The Morgan fingerprint density at radius 1 is 0.964 bits per heavy atom. The van der Waals surface area contributed by atoms with Crippen LogP contribution in [0.5, 0.6) is 0 Å². The van der Waals surface area contributed by atoms with Crippen LogP contribution in [0.3, 0.4) is 0 Å². The van der Waals surface area contributed by atoms with Crippen molar-refractivity contribution in [3.63, 3.8) is 0 Å². The minimum Gasteiger partial charge on any atom is -0.495 e. The van der Waals surface area contributed by atoms with Gasteiger partial charge in [-0.15, -0.1) is 0 Å². The minimum atomic E-state index is -1.03. The smallest absolute Gasteiger partial charge is 0.495 e. The van der Waals surface area contributed by atoms with E-state index in [4.69, 9.17) is 9.31 Å². The molecule has 0 N–H and O–H groups in total. The van der Waals surface area contributed by atoms with Crippen LogP contribution in [0.15, 0.2) is 59.6 Å². The van der Waals surface area contributed by atoms with E-state index in [9.17, 15) is 9.59 Å². The van der Waals surface area contributed by atoms with E-state index in [0.29, 0.717) is 18.3 Å². The first-order chi connectivity index (χ1) is 13.6. The Morgan fingerprint density at radius 3 is 2.25 bits per heavy atom. The van der Waals surface area contributed by atoms with Crippen LogP contribution in [0.2, 0.25) is 0 Å². The molecule has 1 aliphatic heterocycles. The molecule has 5 nitrogen and oxygen atoms in total. The second-order valence-electron chi connectivity index (χ2n) is 7.34. The van der Waals surface area contributed by atoms with Gasteiger partial charge in [-0.3, -0.25) is 14.6 Å². The van der Waals surface area contributed by atoms with Gasteiger partial charge in [0.25, 0.3) is 11.9 Å². The molecule has 1 heterocycles. The second-order valence-corrected chi connectivity index (χ2v) is 7.34. The fraction of sp³-hybridized carbons (Fsp3) is 0.318. The number of hydrogen-bond acceptors (Lipinski definition) is 5. The molecule has 0 aromatic heterocycles. The summed E-state index contributed by atoms with van der Waals surface area (Å²) in [6, 6.07) is 17.4. The molecule has 142 valence electrons. The predicted molar refractivity (Wildman–Crippen MR) is 107 cm³/mol. The standard InChI is InChI=1S/C22H22BNO4/c1-15(16-8-3-2-4-9-16)24-14-17-10-5-6-13-20(17)23-27-21(25)18-11-7-12-19(18)22(26)28-23/h2-6,8-10,13-15,18-19H,7,11-12H2,1H3/t15-,18-,19+/m1/s1. The molecule has 0 spiro atoms. The molecule has 4 rings (SSSR count). The maximum Gasteiger partial charge on any atom is 0.637 e. The van der Waals surface area contributed by atoms with Crippen LogP contribution in [-0.2, 0) is 18.9 Å².